The van der Waals surface area contributed by atoms with Gasteiger partial charge in [-0.3, -0.25) is 4.79 Å². The van der Waals surface area contributed by atoms with Crippen molar-refractivity contribution >= 4 is 45.4 Å². The number of hydrogen-bond donors (Lipinski definition) is 0. The lowest BCUT2D eigenvalue weighted by Crippen LogP contribution is -1.83. The Hall–Kier alpha value is -0.300. The highest BCUT2D eigenvalue weighted by Gasteiger charge is 2.09. The van der Waals surface area contributed by atoms with Crippen molar-refractivity contribution in [1.82, 2.24) is 0 Å². The molecule has 1 heterocycles. The van der Waals surface area contributed by atoms with Crippen LogP contribution in [0.1, 0.15) is 16.6 Å². The molecule has 0 aliphatic heterocycles. The van der Waals surface area contributed by atoms with Crippen LogP contribution in [0.15, 0.2) is 11.2 Å². The highest BCUT2D eigenvalue weighted by Crippen LogP contribution is 2.30. The van der Waals surface area contributed by atoms with E-state index in [1.807, 2.05) is 22.6 Å². The summed E-state index contributed by atoms with van der Waals surface area (Å²) in [4.78, 5) is 21.5. The Morgan fingerprint density at radius 2 is 2.36 bits per heavy atom. The fourth-order valence-corrected chi connectivity index (χ4v) is 2.27. The van der Waals surface area contributed by atoms with Gasteiger partial charge in [-0.05, 0) is 40.8 Å². The number of halogens is 1. The van der Waals surface area contributed by atoms with Gasteiger partial charge in [0, 0.05) is 0 Å². The fourth-order valence-electron chi connectivity index (χ4n) is 0.595. The molecule has 11 heavy (non-hydrogen) atoms. The standard InChI is InChI=1S/C6H4INO2S/c1-3(9)5-2-4(8-10)6(7)11-5/h2H,1H3. The van der Waals surface area contributed by atoms with E-state index >= 15 is 0 Å². The van der Waals surface area contributed by atoms with Gasteiger partial charge in [-0.25, -0.2) is 0 Å². The first-order valence-corrected chi connectivity index (χ1v) is 4.68. The van der Waals surface area contributed by atoms with Crippen molar-refractivity contribution in [3.63, 3.8) is 0 Å². The van der Waals surface area contributed by atoms with Crippen LogP contribution in [-0.4, -0.2) is 5.78 Å². The summed E-state index contributed by atoms with van der Waals surface area (Å²) in [7, 11) is 0. The van der Waals surface area contributed by atoms with Gasteiger partial charge in [-0.15, -0.1) is 16.2 Å². The fraction of sp³-hybridized carbons (Fsp3) is 0.167. The number of thiophene rings is 1. The lowest BCUT2D eigenvalue weighted by Gasteiger charge is -1.80. The molecule has 3 nitrogen and oxygen atoms in total. The van der Waals surface area contributed by atoms with Crippen molar-refractivity contribution in [2.24, 2.45) is 5.18 Å². The Kier molecular flexibility index (Phi) is 2.72. The Bertz CT molecular complexity index is 308. The van der Waals surface area contributed by atoms with Gasteiger partial charge in [0.25, 0.3) is 0 Å². The van der Waals surface area contributed by atoms with E-state index in [0.717, 1.165) is 2.88 Å². The maximum Gasteiger partial charge on any atom is 0.169 e. The maximum atomic E-state index is 10.8. The zero-order valence-electron chi connectivity index (χ0n) is 5.63. The van der Waals surface area contributed by atoms with Crippen molar-refractivity contribution in [2.45, 2.75) is 6.92 Å². The van der Waals surface area contributed by atoms with Crippen molar-refractivity contribution in [3.05, 3.63) is 18.7 Å². The predicted octanol–water partition coefficient (Wildman–Crippen LogP) is 2.95. The molecule has 0 saturated heterocycles. The van der Waals surface area contributed by atoms with Crippen molar-refractivity contribution in [2.75, 3.05) is 0 Å². The van der Waals surface area contributed by atoms with Crippen LogP contribution in [0.4, 0.5) is 5.69 Å². The highest BCUT2D eigenvalue weighted by molar-refractivity contribution is 14.1. The Morgan fingerprint density at radius 3 is 2.64 bits per heavy atom. The zero-order chi connectivity index (χ0) is 8.43. The average Bonchev–Trinajstić information content (AvgIpc) is 2.31. The Morgan fingerprint density at radius 1 is 1.73 bits per heavy atom. The third kappa shape index (κ3) is 1.84. The van der Waals surface area contributed by atoms with Crippen LogP contribution in [0.5, 0.6) is 0 Å². The topological polar surface area (TPSA) is 46.5 Å². The molecule has 0 radical (unpaired) electrons. The molecular formula is C6H4INO2S. The number of Topliss-reactive ketones (excluding diaryl/α,β-unsaturated/α-hetero) is 1. The van der Waals surface area contributed by atoms with Crippen LogP contribution in [-0.2, 0) is 0 Å². The minimum absolute atomic E-state index is 0.0252. The number of rotatable bonds is 2. The molecule has 0 bridgehead atoms. The largest absolute Gasteiger partial charge is 0.294 e. The lowest BCUT2D eigenvalue weighted by atomic mass is 10.3. The van der Waals surface area contributed by atoms with E-state index < -0.39 is 0 Å². The third-order valence-electron chi connectivity index (χ3n) is 1.11. The van der Waals surface area contributed by atoms with Crippen LogP contribution in [0, 0.1) is 7.79 Å². The van der Waals surface area contributed by atoms with E-state index in [9.17, 15) is 9.70 Å². The van der Waals surface area contributed by atoms with Crippen LogP contribution in [0.25, 0.3) is 0 Å². The number of nitrogens with zero attached hydrogens (tertiary/aromatic N) is 1. The smallest absolute Gasteiger partial charge is 0.169 e. The number of ketones is 1. The quantitative estimate of drug-likeness (QED) is 0.475. The first-order chi connectivity index (χ1) is 5.15. The number of hydrogen-bond acceptors (Lipinski definition) is 4. The molecule has 1 aromatic rings. The second kappa shape index (κ2) is 3.40. The Labute approximate surface area is 80.9 Å². The minimum atomic E-state index is -0.0252. The van der Waals surface area contributed by atoms with Crippen LogP contribution >= 0.6 is 33.9 Å². The van der Waals surface area contributed by atoms with Crippen molar-refractivity contribution in [3.8, 4) is 0 Å². The molecule has 0 fully saturated rings. The van der Waals surface area contributed by atoms with E-state index in [1.165, 1.54) is 24.3 Å². The van der Waals surface area contributed by atoms with E-state index in [2.05, 4.69) is 5.18 Å². The molecule has 0 spiro atoms. The summed E-state index contributed by atoms with van der Waals surface area (Å²) in [6.07, 6.45) is 0. The van der Waals surface area contributed by atoms with E-state index in [4.69, 9.17) is 0 Å². The molecule has 0 N–H and O–H groups in total. The second-order valence-corrected chi connectivity index (χ2v) is 4.78. The highest BCUT2D eigenvalue weighted by atomic mass is 127. The normalized spacial score (nSPS) is 9.64. The summed E-state index contributed by atoms with van der Waals surface area (Å²) in [5.74, 6) is -0.0252. The van der Waals surface area contributed by atoms with Gasteiger partial charge in [-0.2, -0.15) is 0 Å². The molecule has 58 valence electrons. The minimum Gasteiger partial charge on any atom is -0.294 e. The van der Waals surface area contributed by atoms with E-state index in [0.29, 0.717) is 10.6 Å². The first kappa shape index (κ1) is 8.79. The number of nitroso groups, excluding NO2 is 1. The van der Waals surface area contributed by atoms with Crippen molar-refractivity contribution in [1.29, 1.82) is 0 Å². The molecule has 0 aromatic carbocycles. The molecule has 0 unspecified atom stereocenters. The summed E-state index contributed by atoms with van der Waals surface area (Å²) < 4.78 is 0.766. The van der Waals surface area contributed by atoms with E-state index in [1.54, 1.807) is 0 Å². The summed E-state index contributed by atoms with van der Waals surface area (Å²) in [6, 6.07) is 1.52. The molecule has 0 aliphatic carbocycles. The summed E-state index contributed by atoms with van der Waals surface area (Å²) >= 11 is 3.28. The summed E-state index contributed by atoms with van der Waals surface area (Å²) in [5, 5.41) is 2.77. The third-order valence-corrected chi connectivity index (χ3v) is 3.34. The molecule has 0 aliphatic rings. The summed E-state index contributed by atoms with van der Waals surface area (Å²) in [6.45, 7) is 1.47. The maximum absolute atomic E-state index is 10.8. The molecule has 0 amide bonds. The number of carbonyl (C=O) groups excluding carboxylic acids is 1. The number of carbonyl (C=O) groups is 1. The molecule has 0 saturated carbocycles. The predicted molar refractivity (Wildman–Crippen MR) is 52.5 cm³/mol. The van der Waals surface area contributed by atoms with Crippen LogP contribution in [0.3, 0.4) is 0 Å². The molecule has 1 rings (SSSR count). The monoisotopic (exact) mass is 281 g/mol. The lowest BCUT2D eigenvalue weighted by molar-refractivity contribution is 0.102. The van der Waals surface area contributed by atoms with Gasteiger partial charge in [0.1, 0.15) is 5.69 Å². The molecule has 0 atom stereocenters. The van der Waals surface area contributed by atoms with Crippen LogP contribution < -0.4 is 0 Å². The first-order valence-electron chi connectivity index (χ1n) is 2.78. The van der Waals surface area contributed by atoms with Gasteiger partial charge < -0.3 is 0 Å². The van der Waals surface area contributed by atoms with E-state index in [-0.39, 0.29) is 5.78 Å². The zero-order valence-corrected chi connectivity index (χ0v) is 8.60. The molecule has 1 aromatic heterocycles. The Balaban J connectivity index is 3.14. The average molecular weight is 281 g/mol. The molecular weight excluding hydrogens is 277 g/mol. The van der Waals surface area contributed by atoms with Crippen LogP contribution in [0.2, 0.25) is 0 Å². The van der Waals surface area contributed by atoms with Gasteiger partial charge in [0.2, 0.25) is 0 Å². The SMILES string of the molecule is CC(=O)c1cc(N=O)c(I)s1. The van der Waals surface area contributed by atoms with Gasteiger partial charge in [0.15, 0.2) is 5.78 Å². The van der Waals surface area contributed by atoms with Crippen molar-refractivity contribution < 1.29 is 4.79 Å². The van der Waals surface area contributed by atoms with Gasteiger partial charge in [0.05, 0.1) is 7.76 Å². The molecule has 5 heteroatoms. The van der Waals surface area contributed by atoms with Gasteiger partial charge in [-0.1, -0.05) is 0 Å². The second-order valence-electron chi connectivity index (χ2n) is 1.92. The van der Waals surface area contributed by atoms with Gasteiger partial charge >= 0.3 is 0 Å². The summed E-state index contributed by atoms with van der Waals surface area (Å²) in [5.41, 5.74) is 0.362.